The molecule has 2 rings (SSSR count). The number of aryl methyl sites for hydroxylation is 1. The van der Waals surface area contributed by atoms with Crippen LogP contribution in [-0.4, -0.2) is 20.4 Å². The van der Waals surface area contributed by atoms with Crippen LogP contribution in [0, 0.1) is 0 Å². The number of rotatable bonds is 5. The molecule has 0 saturated heterocycles. The fraction of sp³-hybridized carbons (Fsp3) is 0.571. The normalized spacial score (nSPS) is 13.6. The predicted octanol–water partition coefficient (Wildman–Crippen LogP) is 4.84. The van der Waals surface area contributed by atoms with Crippen LogP contribution >= 0.6 is 0 Å². The van der Waals surface area contributed by atoms with Gasteiger partial charge in [-0.15, -0.1) is 5.10 Å². The molecule has 1 unspecified atom stereocenters. The first-order valence-electron chi connectivity index (χ1n) is 9.53. The molecular weight excluding hydrogens is 383 g/mol. The average molecular weight is 411 g/mol. The molecule has 0 spiro atoms. The summed E-state index contributed by atoms with van der Waals surface area (Å²) in [6.07, 6.45) is -4.12. The summed E-state index contributed by atoms with van der Waals surface area (Å²) >= 11 is 0. The lowest BCUT2D eigenvalue weighted by atomic mass is 9.95. The Bertz CT molecular complexity index is 928. The van der Waals surface area contributed by atoms with Gasteiger partial charge in [0.05, 0.1) is 11.3 Å². The van der Waals surface area contributed by atoms with Gasteiger partial charge in [0.25, 0.3) is 5.56 Å². The van der Waals surface area contributed by atoms with E-state index >= 15 is 0 Å². The van der Waals surface area contributed by atoms with E-state index < -0.39 is 17.3 Å². The van der Waals surface area contributed by atoms with Crippen molar-refractivity contribution in [3.05, 3.63) is 51.1 Å². The van der Waals surface area contributed by atoms with Gasteiger partial charge in [-0.1, -0.05) is 20.8 Å². The monoisotopic (exact) mass is 411 g/mol. The highest BCUT2D eigenvalue weighted by atomic mass is 19.4. The van der Waals surface area contributed by atoms with Crippen LogP contribution in [0.5, 0.6) is 5.88 Å². The first kappa shape index (κ1) is 22.9. The predicted molar refractivity (Wildman–Crippen MR) is 105 cm³/mol. The van der Waals surface area contributed by atoms with E-state index in [1.807, 2.05) is 27.7 Å². The smallest absolute Gasteiger partial charge is 0.418 e. The van der Waals surface area contributed by atoms with Crippen LogP contribution in [0.1, 0.15) is 75.9 Å². The van der Waals surface area contributed by atoms with Crippen molar-refractivity contribution in [1.29, 1.82) is 0 Å². The van der Waals surface area contributed by atoms with Gasteiger partial charge in [-0.05, 0) is 51.2 Å². The van der Waals surface area contributed by atoms with Crippen LogP contribution in [0.3, 0.4) is 0 Å². The number of nitrogens with zero attached hydrogens (tertiary/aromatic N) is 3. The summed E-state index contributed by atoms with van der Waals surface area (Å²) in [6, 6.07) is 4.05. The zero-order chi connectivity index (χ0) is 22.1. The molecule has 0 aromatic carbocycles. The number of alkyl halides is 3. The van der Waals surface area contributed by atoms with Gasteiger partial charge >= 0.3 is 6.18 Å². The molecule has 0 aliphatic carbocycles. The minimum atomic E-state index is -4.45. The Morgan fingerprint density at radius 1 is 1.14 bits per heavy atom. The van der Waals surface area contributed by atoms with E-state index in [-0.39, 0.29) is 23.1 Å². The highest BCUT2D eigenvalue weighted by Crippen LogP contribution is 2.34. The van der Waals surface area contributed by atoms with E-state index in [2.05, 4.69) is 10.1 Å². The third kappa shape index (κ3) is 5.81. The summed E-state index contributed by atoms with van der Waals surface area (Å²) in [4.78, 5) is 16.8. The van der Waals surface area contributed by atoms with Crippen LogP contribution in [-0.2, 0) is 19.6 Å². The molecule has 0 fully saturated rings. The lowest BCUT2D eigenvalue weighted by molar-refractivity contribution is -0.138. The van der Waals surface area contributed by atoms with Gasteiger partial charge in [0.15, 0.2) is 0 Å². The largest absolute Gasteiger partial charge is 0.471 e. The fourth-order valence-corrected chi connectivity index (χ4v) is 3.05. The quantitative estimate of drug-likeness (QED) is 0.706. The van der Waals surface area contributed by atoms with E-state index in [0.717, 1.165) is 6.07 Å². The topological polar surface area (TPSA) is 57.0 Å². The SMILES string of the molecule is CC(C)c1nc(CC(C)c2cc(OC(C)(C)C)nn(C)c2=O)ccc1C(F)(F)F. The van der Waals surface area contributed by atoms with Gasteiger partial charge in [-0.3, -0.25) is 9.78 Å². The Hall–Kier alpha value is -2.38. The number of hydrogen-bond donors (Lipinski definition) is 0. The Morgan fingerprint density at radius 3 is 2.28 bits per heavy atom. The van der Waals surface area contributed by atoms with Crippen molar-refractivity contribution >= 4 is 0 Å². The van der Waals surface area contributed by atoms with Crippen molar-refractivity contribution < 1.29 is 17.9 Å². The summed E-state index contributed by atoms with van der Waals surface area (Å²) in [5.41, 5.74) is -0.465. The van der Waals surface area contributed by atoms with Crippen molar-refractivity contribution in [2.75, 3.05) is 0 Å². The number of hydrogen-bond acceptors (Lipinski definition) is 4. The summed E-state index contributed by atoms with van der Waals surface area (Å²) in [7, 11) is 1.54. The maximum Gasteiger partial charge on any atom is 0.418 e. The Labute approximate surface area is 168 Å². The Kier molecular flexibility index (Phi) is 6.45. The highest BCUT2D eigenvalue weighted by molar-refractivity contribution is 5.30. The van der Waals surface area contributed by atoms with Crippen molar-refractivity contribution in [2.24, 2.45) is 7.05 Å². The van der Waals surface area contributed by atoms with Crippen molar-refractivity contribution in [1.82, 2.24) is 14.8 Å². The van der Waals surface area contributed by atoms with E-state index in [4.69, 9.17) is 4.74 Å². The van der Waals surface area contributed by atoms with Crippen LogP contribution in [0.25, 0.3) is 0 Å². The van der Waals surface area contributed by atoms with Crippen LogP contribution in [0.2, 0.25) is 0 Å². The van der Waals surface area contributed by atoms with Gasteiger partial charge in [0, 0.05) is 24.4 Å². The minimum absolute atomic E-state index is 0.0154. The van der Waals surface area contributed by atoms with Crippen molar-refractivity contribution in [2.45, 2.75) is 71.6 Å². The molecule has 0 N–H and O–H groups in total. The second-order valence-electron chi connectivity index (χ2n) is 8.57. The van der Waals surface area contributed by atoms with E-state index in [1.54, 1.807) is 27.0 Å². The number of aromatic nitrogens is 3. The summed E-state index contributed by atoms with van der Waals surface area (Å²) < 4.78 is 46.7. The average Bonchev–Trinajstić information content (AvgIpc) is 2.55. The van der Waals surface area contributed by atoms with Gasteiger partial charge in [0.1, 0.15) is 5.60 Å². The second-order valence-corrected chi connectivity index (χ2v) is 8.57. The summed E-state index contributed by atoms with van der Waals surface area (Å²) in [5, 5.41) is 4.13. The standard InChI is InChI=1S/C21H28F3N3O2/c1-12(2)18-16(21(22,23)24)9-8-14(25-18)10-13(3)15-11-17(29-20(4,5)6)26-27(7)19(15)28/h8-9,11-13H,10H2,1-7H3. The molecule has 0 bridgehead atoms. The molecule has 0 amide bonds. The molecule has 0 aliphatic rings. The third-order valence-corrected chi connectivity index (χ3v) is 4.36. The third-order valence-electron chi connectivity index (χ3n) is 4.36. The zero-order valence-corrected chi connectivity index (χ0v) is 17.9. The first-order chi connectivity index (χ1) is 13.2. The van der Waals surface area contributed by atoms with E-state index in [0.29, 0.717) is 23.6 Å². The lowest BCUT2D eigenvalue weighted by Gasteiger charge is -2.22. The Morgan fingerprint density at radius 2 is 1.76 bits per heavy atom. The number of pyridine rings is 1. The van der Waals surface area contributed by atoms with E-state index in [9.17, 15) is 18.0 Å². The molecule has 160 valence electrons. The van der Waals surface area contributed by atoms with Crippen LogP contribution < -0.4 is 10.3 Å². The zero-order valence-electron chi connectivity index (χ0n) is 17.9. The molecule has 5 nitrogen and oxygen atoms in total. The maximum atomic E-state index is 13.2. The summed E-state index contributed by atoms with van der Waals surface area (Å²) in [6.45, 7) is 10.8. The minimum Gasteiger partial charge on any atom is -0.471 e. The van der Waals surface area contributed by atoms with Gasteiger partial charge in [-0.25, -0.2) is 4.68 Å². The van der Waals surface area contributed by atoms with E-state index in [1.165, 1.54) is 10.7 Å². The molecule has 2 heterocycles. The fourth-order valence-electron chi connectivity index (χ4n) is 3.05. The molecule has 0 saturated carbocycles. The molecule has 29 heavy (non-hydrogen) atoms. The summed E-state index contributed by atoms with van der Waals surface area (Å²) in [5.74, 6) is -0.324. The van der Waals surface area contributed by atoms with Crippen LogP contribution in [0.15, 0.2) is 23.0 Å². The van der Waals surface area contributed by atoms with Gasteiger partial charge < -0.3 is 4.74 Å². The molecule has 2 aromatic heterocycles. The highest BCUT2D eigenvalue weighted by Gasteiger charge is 2.35. The molecule has 1 atom stereocenters. The van der Waals surface area contributed by atoms with Gasteiger partial charge in [-0.2, -0.15) is 13.2 Å². The molecular formula is C21H28F3N3O2. The van der Waals surface area contributed by atoms with Crippen molar-refractivity contribution in [3.63, 3.8) is 0 Å². The Balaban J connectivity index is 2.38. The lowest BCUT2D eigenvalue weighted by Crippen LogP contribution is -2.29. The number of halogens is 3. The maximum absolute atomic E-state index is 13.2. The molecule has 8 heteroatoms. The molecule has 2 aromatic rings. The molecule has 0 radical (unpaired) electrons. The number of ether oxygens (including phenoxy) is 1. The van der Waals surface area contributed by atoms with Crippen molar-refractivity contribution in [3.8, 4) is 5.88 Å². The molecule has 0 aliphatic heterocycles. The first-order valence-corrected chi connectivity index (χ1v) is 9.53. The van der Waals surface area contributed by atoms with Crippen LogP contribution in [0.4, 0.5) is 13.2 Å². The van der Waals surface area contributed by atoms with Gasteiger partial charge in [0.2, 0.25) is 5.88 Å². The second kappa shape index (κ2) is 8.16.